The minimum atomic E-state index is -0.299. The predicted octanol–water partition coefficient (Wildman–Crippen LogP) is 3.87. The average molecular weight is 272 g/mol. The zero-order chi connectivity index (χ0) is 11.3. The van der Waals surface area contributed by atoms with E-state index in [1.807, 2.05) is 12.1 Å². The number of rotatable bonds is 5. The quantitative estimate of drug-likeness (QED) is 0.464. The normalized spacial score (nSPS) is 12.4. The summed E-state index contributed by atoms with van der Waals surface area (Å²) in [5.41, 5.74) is 1.09. The minimum Gasteiger partial charge on any atom is -0.258 e. The number of nitrogens with zero attached hydrogens (tertiary/aromatic N) is 1. The third-order valence-electron chi connectivity index (χ3n) is 2.52. The first-order valence-corrected chi connectivity index (χ1v) is 6.12. The molecule has 0 amide bonds. The standard InChI is InChI=1S/C11H14BrNO2/c1-2-9(7-8-12)10-5-3-4-6-11(10)13(14)15/h3-6,9H,2,7-8H2,1H3. The Morgan fingerprint density at radius 1 is 1.47 bits per heavy atom. The molecule has 0 radical (unpaired) electrons. The summed E-state index contributed by atoms with van der Waals surface area (Å²) >= 11 is 3.38. The van der Waals surface area contributed by atoms with Crippen LogP contribution in [0.2, 0.25) is 0 Å². The molecule has 1 unspecified atom stereocenters. The highest BCUT2D eigenvalue weighted by atomic mass is 79.9. The van der Waals surface area contributed by atoms with E-state index in [-0.39, 0.29) is 16.5 Å². The number of nitro groups is 1. The van der Waals surface area contributed by atoms with Gasteiger partial charge in [-0.2, -0.15) is 0 Å². The van der Waals surface area contributed by atoms with E-state index in [2.05, 4.69) is 22.9 Å². The zero-order valence-electron chi connectivity index (χ0n) is 8.65. The van der Waals surface area contributed by atoms with Crippen molar-refractivity contribution in [1.82, 2.24) is 0 Å². The van der Waals surface area contributed by atoms with Crippen LogP contribution in [0, 0.1) is 10.1 Å². The van der Waals surface area contributed by atoms with Gasteiger partial charge in [0.15, 0.2) is 0 Å². The molecule has 82 valence electrons. The summed E-state index contributed by atoms with van der Waals surface area (Å²) in [6.45, 7) is 2.06. The number of hydrogen-bond donors (Lipinski definition) is 0. The van der Waals surface area contributed by atoms with Gasteiger partial charge in [-0.3, -0.25) is 10.1 Å². The van der Waals surface area contributed by atoms with E-state index < -0.39 is 0 Å². The molecule has 15 heavy (non-hydrogen) atoms. The summed E-state index contributed by atoms with van der Waals surface area (Å²) in [5, 5.41) is 11.7. The molecule has 0 saturated carbocycles. The third kappa shape index (κ3) is 3.02. The fourth-order valence-corrected chi connectivity index (χ4v) is 2.26. The Balaban J connectivity index is 3.04. The molecule has 0 spiro atoms. The van der Waals surface area contributed by atoms with E-state index in [4.69, 9.17) is 0 Å². The van der Waals surface area contributed by atoms with Crippen LogP contribution in [0.5, 0.6) is 0 Å². The molecule has 0 heterocycles. The van der Waals surface area contributed by atoms with Crippen LogP contribution < -0.4 is 0 Å². The van der Waals surface area contributed by atoms with Gasteiger partial charge in [0.05, 0.1) is 4.92 Å². The Bertz CT molecular complexity index is 341. The second-order valence-corrected chi connectivity index (χ2v) is 4.19. The molecule has 3 nitrogen and oxygen atoms in total. The Kier molecular flexibility index (Phi) is 4.75. The maximum Gasteiger partial charge on any atom is 0.272 e. The fraction of sp³-hybridized carbons (Fsp3) is 0.455. The van der Waals surface area contributed by atoms with E-state index in [0.717, 1.165) is 23.7 Å². The maximum atomic E-state index is 10.8. The number of benzene rings is 1. The molecular weight excluding hydrogens is 258 g/mol. The lowest BCUT2D eigenvalue weighted by Gasteiger charge is -2.13. The van der Waals surface area contributed by atoms with Crippen LogP contribution in [-0.4, -0.2) is 10.3 Å². The Morgan fingerprint density at radius 3 is 2.67 bits per heavy atom. The van der Waals surface area contributed by atoms with Gasteiger partial charge in [-0.25, -0.2) is 0 Å². The second-order valence-electron chi connectivity index (χ2n) is 3.40. The SMILES string of the molecule is CCC(CCBr)c1ccccc1[N+](=O)[O-]. The first kappa shape index (κ1) is 12.2. The van der Waals surface area contributed by atoms with E-state index >= 15 is 0 Å². The smallest absolute Gasteiger partial charge is 0.258 e. The molecule has 0 aliphatic rings. The summed E-state index contributed by atoms with van der Waals surface area (Å²) < 4.78 is 0. The Labute approximate surface area is 97.8 Å². The molecule has 0 N–H and O–H groups in total. The van der Waals surface area contributed by atoms with Crippen molar-refractivity contribution in [2.24, 2.45) is 0 Å². The molecule has 1 rings (SSSR count). The monoisotopic (exact) mass is 271 g/mol. The topological polar surface area (TPSA) is 43.1 Å². The van der Waals surface area contributed by atoms with E-state index in [1.54, 1.807) is 12.1 Å². The van der Waals surface area contributed by atoms with Crippen LogP contribution in [0.15, 0.2) is 24.3 Å². The van der Waals surface area contributed by atoms with E-state index in [1.165, 1.54) is 0 Å². The van der Waals surface area contributed by atoms with Crippen molar-refractivity contribution in [2.75, 3.05) is 5.33 Å². The summed E-state index contributed by atoms with van der Waals surface area (Å²) in [5.74, 6) is 0.269. The predicted molar refractivity (Wildman–Crippen MR) is 64.5 cm³/mol. The van der Waals surface area contributed by atoms with Crippen molar-refractivity contribution in [3.05, 3.63) is 39.9 Å². The lowest BCUT2D eigenvalue weighted by molar-refractivity contribution is -0.385. The molecule has 0 aliphatic carbocycles. The molecular formula is C11H14BrNO2. The van der Waals surface area contributed by atoms with Crippen LogP contribution >= 0.6 is 15.9 Å². The van der Waals surface area contributed by atoms with Gasteiger partial charge in [-0.05, 0) is 18.8 Å². The van der Waals surface area contributed by atoms with Gasteiger partial charge in [0.25, 0.3) is 5.69 Å². The summed E-state index contributed by atoms with van der Waals surface area (Å²) in [6, 6.07) is 7.00. The first-order chi connectivity index (χ1) is 7.20. The lowest BCUT2D eigenvalue weighted by atomic mass is 9.93. The van der Waals surface area contributed by atoms with Crippen molar-refractivity contribution >= 4 is 21.6 Å². The lowest BCUT2D eigenvalue weighted by Crippen LogP contribution is -2.02. The van der Waals surface area contributed by atoms with Crippen molar-refractivity contribution < 1.29 is 4.92 Å². The highest BCUT2D eigenvalue weighted by Crippen LogP contribution is 2.31. The molecule has 1 aromatic rings. The molecule has 0 aliphatic heterocycles. The van der Waals surface area contributed by atoms with Crippen molar-refractivity contribution in [3.8, 4) is 0 Å². The van der Waals surface area contributed by atoms with Gasteiger partial charge in [-0.1, -0.05) is 41.1 Å². The van der Waals surface area contributed by atoms with E-state index in [0.29, 0.717) is 0 Å². The van der Waals surface area contributed by atoms with Crippen LogP contribution in [0.25, 0.3) is 0 Å². The largest absolute Gasteiger partial charge is 0.272 e. The highest BCUT2D eigenvalue weighted by molar-refractivity contribution is 9.09. The van der Waals surface area contributed by atoms with Crippen molar-refractivity contribution in [1.29, 1.82) is 0 Å². The van der Waals surface area contributed by atoms with Gasteiger partial charge in [-0.15, -0.1) is 0 Å². The van der Waals surface area contributed by atoms with Crippen LogP contribution in [0.4, 0.5) is 5.69 Å². The van der Waals surface area contributed by atoms with Crippen molar-refractivity contribution in [2.45, 2.75) is 25.7 Å². The average Bonchev–Trinajstić information content (AvgIpc) is 2.26. The van der Waals surface area contributed by atoms with Crippen LogP contribution in [-0.2, 0) is 0 Å². The highest BCUT2D eigenvalue weighted by Gasteiger charge is 2.19. The van der Waals surface area contributed by atoms with Gasteiger partial charge in [0.1, 0.15) is 0 Å². The number of hydrogen-bond acceptors (Lipinski definition) is 2. The Hall–Kier alpha value is -0.900. The molecule has 4 heteroatoms. The number of halogens is 1. The van der Waals surface area contributed by atoms with Crippen LogP contribution in [0.3, 0.4) is 0 Å². The molecule has 0 bridgehead atoms. The van der Waals surface area contributed by atoms with E-state index in [9.17, 15) is 10.1 Å². The van der Waals surface area contributed by atoms with Gasteiger partial charge in [0, 0.05) is 17.0 Å². The van der Waals surface area contributed by atoms with Gasteiger partial charge in [0.2, 0.25) is 0 Å². The molecule has 0 saturated heterocycles. The number of alkyl halides is 1. The number of para-hydroxylation sites is 1. The summed E-state index contributed by atoms with van der Waals surface area (Å²) in [4.78, 5) is 10.5. The summed E-state index contributed by atoms with van der Waals surface area (Å²) in [6.07, 6.45) is 1.86. The number of nitro benzene ring substituents is 1. The first-order valence-electron chi connectivity index (χ1n) is 5.00. The summed E-state index contributed by atoms with van der Waals surface area (Å²) in [7, 11) is 0. The molecule has 1 aromatic carbocycles. The molecule has 0 fully saturated rings. The second kappa shape index (κ2) is 5.85. The fourth-order valence-electron chi connectivity index (χ4n) is 1.71. The molecule has 1 atom stereocenters. The van der Waals surface area contributed by atoms with Gasteiger partial charge < -0.3 is 0 Å². The minimum absolute atomic E-state index is 0.241. The Morgan fingerprint density at radius 2 is 2.13 bits per heavy atom. The van der Waals surface area contributed by atoms with Crippen molar-refractivity contribution in [3.63, 3.8) is 0 Å². The maximum absolute atomic E-state index is 10.8. The third-order valence-corrected chi connectivity index (χ3v) is 2.98. The molecule has 0 aromatic heterocycles. The zero-order valence-corrected chi connectivity index (χ0v) is 10.2. The van der Waals surface area contributed by atoms with Gasteiger partial charge >= 0.3 is 0 Å². The van der Waals surface area contributed by atoms with Crippen LogP contribution in [0.1, 0.15) is 31.2 Å².